The fraction of sp³-hybridized carbons (Fsp3) is 0.118. The molecule has 0 bridgehead atoms. The van der Waals surface area contributed by atoms with E-state index in [2.05, 4.69) is 5.32 Å². The van der Waals surface area contributed by atoms with E-state index in [1.54, 1.807) is 54.8 Å². The zero-order valence-corrected chi connectivity index (χ0v) is 24.8. The highest BCUT2D eigenvalue weighted by atomic mass is 32.2. The lowest BCUT2D eigenvalue weighted by atomic mass is 9.99. The van der Waals surface area contributed by atoms with Crippen molar-refractivity contribution >= 4 is 27.3 Å². The van der Waals surface area contributed by atoms with Crippen molar-refractivity contribution in [2.45, 2.75) is 32.3 Å². The highest BCUT2D eigenvalue weighted by Gasteiger charge is 2.22. The van der Waals surface area contributed by atoms with Gasteiger partial charge in [0.25, 0.3) is 10.0 Å². The number of carbonyl (C=O) groups excluding carboxylic acids is 1. The van der Waals surface area contributed by atoms with Gasteiger partial charge in [-0.2, -0.15) is 5.10 Å². The van der Waals surface area contributed by atoms with Gasteiger partial charge in [-0.25, -0.2) is 21.7 Å². The lowest BCUT2D eigenvalue weighted by Crippen LogP contribution is -2.15. The molecule has 0 fully saturated rings. The predicted molar refractivity (Wildman–Crippen MR) is 168 cm³/mol. The van der Waals surface area contributed by atoms with E-state index in [1.807, 2.05) is 79.9 Å². The van der Waals surface area contributed by atoms with Gasteiger partial charge in [-0.15, -0.1) is 0 Å². The number of hydrogen-bond acceptors (Lipinski definition) is 5. The molecule has 0 radical (unpaired) electrons. The summed E-state index contributed by atoms with van der Waals surface area (Å²) >= 11 is 0. The zero-order valence-electron chi connectivity index (χ0n) is 24.0. The van der Waals surface area contributed by atoms with Crippen LogP contribution in [0, 0.1) is 20.8 Å². The number of nitrogens with one attached hydrogen (secondary N) is 1. The third kappa shape index (κ3) is 5.54. The molecule has 8 nitrogen and oxygen atoms in total. The van der Waals surface area contributed by atoms with Gasteiger partial charge in [-0.3, -0.25) is 5.32 Å². The first-order chi connectivity index (χ1) is 20.7. The largest absolute Gasteiger partial charge is 0.444 e. The van der Waals surface area contributed by atoms with E-state index in [0.29, 0.717) is 17.1 Å². The van der Waals surface area contributed by atoms with Gasteiger partial charge in [-0.05, 0) is 80.4 Å². The minimum Gasteiger partial charge on any atom is -0.444 e. The Morgan fingerprint density at radius 1 is 0.791 bits per heavy atom. The third-order valence-electron chi connectivity index (χ3n) is 7.32. The van der Waals surface area contributed by atoms with Gasteiger partial charge >= 0.3 is 6.09 Å². The molecule has 216 valence electrons. The Hall–Kier alpha value is -5.15. The van der Waals surface area contributed by atoms with Crippen LogP contribution in [0.3, 0.4) is 0 Å². The van der Waals surface area contributed by atoms with E-state index in [-0.39, 0.29) is 11.5 Å². The number of hydrogen-bond donors (Lipinski definition) is 1. The van der Waals surface area contributed by atoms with Crippen LogP contribution in [0.4, 0.5) is 10.5 Å². The molecule has 0 unspecified atom stereocenters. The van der Waals surface area contributed by atoms with Gasteiger partial charge < -0.3 is 4.74 Å². The number of amides is 1. The number of fused-ring (bicyclic) bond motifs is 1. The van der Waals surface area contributed by atoms with Crippen LogP contribution in [0.2, 0.25) is 0 Å². The van der Waals surface area contributed by atoms with Crippen molar-refractivity contribution in [2.75, 3.05) is 5.32 Å². The average Bonchev–Trinajstić information content (AvgIpc) is 3.57. The highest BCUT2D eigenvalue weighted by Crippen LogP contribution is 2.36. The number of carbonyl (C=O) groups is 1. The normalized spacial score (nSPS) is 11.5. The molecule has 0 aliphatic carbocycles. The number of rotatable bonds is 7. The Morgan fingerprint density at radius 3 is 2.12 bits per heavy atom. The number of ether oxygens (including phenoxy) is 1. The van der Waals surface area contributed by atoms with E-state index >= 15 is 0 Å². The van der Waals surface area contributed by atoms with Crippen molar-refractivity contribution < 1.29 is 17.9 Å². The second-order valence-electron chi connectivity index (χ2n) is 10.4. The van der Waals surface area contributed by atoms with Gasteiger partial charge in [0.15, 0.2) is 0 Å². The van der Waals surface area contributed by atoms with E-state index in [4.69, 9.17) is 9.84 Å². The van der Waals surface area contributed by atoms with E-state index in [9.17, 15) is 13.2 Å². The molecule has 0 spiro atoms. The molecule has 43 heavy (non-hydrogen) atoms. The summed E-state index contributed by atoms with van der Waals surface area (Å²) < 4.78 is 35.3. The van der Waals surface area contributed by atoms with Crippen LogP contribution in [0.15, 0.2) is 114 Å². The Bertz CT molecular complexity index is 2020. The van der Waals surface area contributed by atoms with Crippen LogP contribution >= 0.6 is 0 Å². The van der Waals surface area contributed by atoms with Crippen molar-refractivity contribution in [3.63, 3.8) is 0 Å². The number of aryl methyl sites for hydroxylation is 3. The Labute approximate surface area is 250 Å². The molecular weight excluding hydrogens is 560 g/mol. The van der Waals surface area contributed by atoms with Crippen molar-refractivity contribution in [2.24, 2.45) is 0 Å². The number of aromatic nitrogens is 3. The number of anilines is 1. The first kappa shape index (κ1) is 28.0. The topological polar surface area (TPSA) is 94.7 Å². The van der Waals surface area contributed by atoms with Crippen molar-refractivity contribution in [1.82, 2.24) is 13.6 Å². The van der Waals surface area contributed by atoms with Crippen molar-refractivity contribution in [3.8, 4) is 22.4 Å². The minimum absolute atomic E-state index is 0.180. The maximum atomic E-state index is 13.4. The van der Waals surface area contributed by atoms with Gasteiger partial charge in [-0.1, -0.05) is 60.2 Å². The highest BCUT2D eigenvalue weighted by molar-refractivity contribution is 7.90. The number of nitrogens with zero attached hydrogens (tertiary/aromatic N) is 3. The first-order valence-corrected chi connectivity index (χ1v) is 15.2. The molecule has 3 aromatic carbocycles. The molecule has 0 saturated carbocycles. The zero-order chi connectivity index (χ0) is 30.1. The molecular formula is C34H30N4O4S. The fourth-order valence-electron chi connectivity index (χ4n) is 5.12. The lowest BCUT2D eigenvalue weighted by Gasteiger charge is -2.12. The molecule has 0 aliphatic rings. The SMILES string of the molecule is Cc1ccc(COC(=O)Nc2ccc(-c3nn4ccccc4c3-c3ccc(S(=O)(=O)n4c(C)ccc4C)cc3)cc2)cc1. The van der Waals surface area contributed by atoms with Crippen LogP contribution < -0.4 is 5.32 Å². The van der Waals surface area contributed by atoms with Gasteiger partial charge in [0.1, 0.15) is 12.3 Å². The van der Waals surface area contributed by atoms with Gasteiger partial charge in [0, 0.05) is 34.4 Å². The number of pyridine rings is 1. The summed E-state index contributed by atoms with van der Waals surface area (Å²) in [5.74, 6) is 0. The van der Waals surface area contributed by atoms with Crippen LogP contribution in [0.25, 0.3) is 27.9 Å². The number of benzene rings is 3. The summed E-state index contributed by atoms with van der Waals surface area (Å²) in [6, 6.07) is 31.5. The summed E-state index contributed by atoms with van der Waals surface area (Å²) in [5, 5.41) is 7.61. The Balaban J connectivity index is 1.26. The molecule has 1 amide bonds. The first-order valence-electron chi connectivity index (χ1n) is 13.8. The van der Waals surface area contributed by atoms with Crippen LogP contribution in [0.5, 0.6) is 0 Å². The third-order valence-corrected chi connectivity index (χ3v) is 9.25. The van der Waals surface area contributed by atoms with E-state index < -0.39 is 16.1 Å². The molecule has 9 heteroatoms. The lowest BCUT2D eigenvalue weighted by molar-refractivity contribution is 0.155. The molecule has 6 aromatic rings. The second-order valence-corrected chi connectivity index (χ2v) is 12.2. The maximum absolute atomic E-state index is 13.4. The molecule has 3 heterocycles. The minimum atomic E-state index is -3.73. The smallest absolute Gasteiger partial charge is 0.411 e. The molecule has 0 atom stereocenters. The second kappa shape index (κ2) is 11.3. The standard InChI is InChI=1S/C34H30N4O4S/c1-23-7-11-26(12-8-23)22-42-34(39)35-29-17-13-28(14-18-29)33-32(31-6-4-5-21-37(31)36-33)27-15-19-30(20-16-27)43(40,41)38-24(2)9-10-25(38)3/h4-21H,22H2,1-3H3,(H,35,39). The van der Waals surface area contributed by atoms with Crippen LogP contribution in [0.1, 0.15) is 22.5 Å². The molecule has 6 rings (SSSR count). The molecule has 0 saturated heterocycles. The van der Waals surface area contributed by atoms with Gasteiger partial charge in [0.05, 0.1) is 10.4 Å². The summed E-state index contributed by atoms with van der Waals surface area (Å²) in [6.45, 7) is 5.74. The van der Waals surface area contributed by atoms with Crippen LogP contribution in [-0.2, 0) is 21.4 Å². The Kier molecular flexibility index (Phi) is 7.33. The average molecular weight is 591 g/mol. The van der Waals surface area contributed by atoms with E-state index in [0.717, 1.165) is 39.0 Å². The molecule has 0 aliphatic heterocycles. The summed E-state index contributed by atoms with van der Waals surface area (Å²) in [4.78, 5) is 12.6. The van der Waals surface area contributed by atoms with E-state index in [1.165, 1.54) is 3.97 Å². The predicted octanol–water partition coefficient (Wildman–Crippen LogP) is 7.38. The van der Waals surface area contributed by atoms with Gasteiger partial charge in [0.2, 0.25) is 0 Å². The van der Waals surface area contributed by atoms with Crippen molar-refractivity contribution in [3.05, 3.63) is 132 Å². The quantitative estimate of drug-likeness (QED) is 0.209. The monoisotopic (exact) mass is 590 g/mol. The van der Waals surface area contributed by atoms with Crippen LogP contribution in [-0.4, -0.2) is 28.1 Å². The fourth-order valence-corrected chi connectivity index (χ4v) is 6.69. The summed E-state index contributed by atoms with van der Waals surface area (Å²) in [6.07, 6.45) is 1.33. The van der Waals surface area contributed by atoms with Crippen molar-refractivity contribution in [1.29, 1.82) is 0 Å². The maximum Gasteiger partial charge on any atom is 0.411 e. The Morgan fingerprint density at radius 2 is 1.44 bits per heavy atom. The summed E-state index contributed by atoms with van der Waals surface area (Å²) in [7, 11) is -3.73. The molecule has 3 aromatic heterocycles. The summed E-state index contributed by atoms with van der Waals surface area (Å²) in [5.41, 5.74) is 8.11. The molecule has 1 N–H and O–H groups in total.